The van der Waals surface area contributed by atoms with Crippen molar-refractivity contribution >= 4 is 23.4 Å². The summed E-state index contributed by atoms with van der Waals surface area (Å²) >= 11 is 0. The zero-order chi connectivity index (χ0) is 25.7. The molecule has 3 heterocycles. The first-order valence-corrected chi connectivity index (χ1v) is 14.3. The van der Waals surface area contributed by atoms with Crippen LogP contribution in [0.1, 0.15) is 70.3 Å². The van der Waals surface area contributed by atoms with Crippen LogP contribution in [-0.4, -0.2) is 52.5 Å². The van der Waals surface area contributed by atoms with Crippen LogP contribution in [0.5, 0.6) is 0 Å². The van der Waals surface area contributed by atoms with Gasteiger partial charge >= 0.3 is 0 Å². The molecule has 3 amide bonds. The highest BCUT2D eigenvalue weighted by Gasteiger charge is 2.73. The Labute approximate surface area is 219 Å². The number of carbonyl (C=O) groups is 3. The average molecular weight is 506 g/mol. The van der Waals surface area contributed by atoms with Gasteiger partial charge in [0, 0.05) is 17.8 Å². The topological polar surface area (TPSA) is 87.7 Å². The second kappa shape index (κ2) is 9.57. The van der Waals surface area contributed by atoms with Gasteiger partial charge in [-0.3, -0.25) is 14.4 Å². The number of hydrogen-bond acceptors (Lipinski definition) is 4. The Morgan fingerprint density at radius 2 is 1.68 bits per heavy atom. The second-order valence-electron chi connectivity index (χ2n) is 12.0. The predicted octanol–water partition coefficient (Wildman–Crippen LogP) is 4.11. The van der Waals surface area contributed by atoms with Gasteiger partial charge in [-0.1, -0.05) is 68.9 Å². The molecule has 198 valence electrons. The molecule has 0 unspecified atom stereocenters. The van der Waals surface area contributed by atoms with Crippen molar-refractivity contribution in [3.63, 3.8) is 0 Å². The van der Waals surface area contributed by atoms with Gasteiger partial charge in [0.25, 0.3) is 0 Å². The van der Waals surface area contributed by atoms with Gasteiger partial charge in [0.1, 0.15) is 11.6 Å². The van der Waals surface area contributed by atoms with Crippen molar-refractivity contribution in [1.82, 2.24) is 10.2 Å². The number of nitrogens with one attached hydrogen (secondary N) is 2. The summed E-state index contributed by atoms with van der Waals surface area (Å²) in [6, 6.07) is 7.04. The third kappa shape index (κ3) is 4.10. The van der Waals surface area contributed by atoms with E-state index in [-0.39, 0.29) is 29.8 Å². The minimum atomic E-state index is -1.09. The van der Waals surface area contributed by atoms with Gasteiger partial charge in [-0.25, -0.2) is 0 Å². The van der Waals surface area contributed by atoms with E-state index in [9.17, 15) is 14.4 Å². The molecule has 2 saturated heterocycles. The molecular weight excluding hydrogens is 466 g/mol. The minimum absolute atomic E-state index is 0.0137. The molecule has 1 spiro atoms. The lowest BCUT2D eigenvalue weighted by Gasteiger charge is -2.42. The molecule has 2 aliphatic carbocycles. The molecule has 0 radical (unpaired) electrons. The molecular formula is C30H39N3O4. The fraction of sp³-hybridized carbons (Fsp3) is 0.633. The summed E-state index contributed by atoms with van der Waals surface area (Å²) in [5.74, 6) is -1.48. The summed E-state index contributed by atoms with van der Waals surface area (Å²) in [6.07, 6.45) is 12.8. The Morgan fingerprint density at radius 3 is 2.41 bits per heavy atom. The van der Waals surface area contributed by atoms with Gasteiger partial charge in [0.2, 0.25) is 17.7 Å². The maximum Gasteiger partial charge on any atom is 0.246 e. The Hall–Kier alpha value is -2.67. The van der Waals surface area contributed by atoms with E-state index in [1.807, 2.05) is 48.2 Å². The van der Waals surface area contributed by atoms with Crippen LogP contribution in [0.4, 0.5) is 5.69 Å². The molecule has 7 atom stereocenters. The van der Waals surface area contributed by atoms with Crippen molar-refractivity contribution in [2.45, 2.75) is 101 Å². The van der Waals surface area contributed by atoms with Gasteiger partial charge in [-0.05, 0) is 50.7 Å². The van der Waals surface area contributed by atoms with Crippen LogP contribution in [0.15, 0.2) is 36.4 Å². The van der Waals surface area contributed by atoms with Gasteiger partial charge in [-0.15, -0.1) is 0 Å². The predicted molar refractivity (Wildman–Crippen MR) is 141 cm³/mol. The number of ether oxygens (including phenoxy) is 1. The third-order valence-electron chi connectivity index (χ3n) is 9.56. The quantitative estimate of drug-likeness (QED) is 0.590. The lowest BCUT2D eigenvalue weighted by Crippen LogP contribution is -2.59. The first kappa shape index (κ1) is 24.7. The van der Waals surface area contributed by atoms with E-state index < -0.39 is 29.6 Å². The number of aryl methyl sites for hydroxylation is 1. The van der Waals surface area contributed by atoms with Crippen molar-refractivity contribution in [2.75, 3.05) is 5.32 Å². The van der Waals surface area contributed by atoms with Gasteiger partial charge in [-0.2, -0.15) is 0 Å². The Balaban J connectivity index is 1.33. The second-order valence-corrected chi connectivity index (χ2v) is 12.0. The van der Waals surface area contributed by atoms with E-state index in [1.165, 1.54) is 6.42 Å². The Morgan fingerprint density at radius 1 is 0.973 bits per heavy atom. The number of likely N-dealkylation sites (tertiary alicyclic amines) is 1. The molecule has 3 aliphatic heterocycles. The van der Waals surface area contributed by atoms with E-state index in [1.54, 1.807) is 0 Å². The summed E-state index contributed by atoms with van der Waals surface area (Å²) in [5.41, 5.74) is 0.719. The molecule has 7 heteroatoms. The highest BCUT2D eigenvalue weighted by Crippen LogP contribution is 2.56. The number of benzene rings is 1. The number of nitrogens with zero attached hydrogens (tertiary/aromatic N) is 1. The van der Waals surface area contributed by atoms with Crippen molar-refractivity contribution in [1.29, 1.82) is 0 Å². The first-order valence-electron chi connectivity index (χ1n) is 14.3. The molecule has 7 nitrogen and oxygen atoms in total. The number of hydrogen-bond donors (Lipinski definition) is 2. The lowest BCUT2D eigenvalue weighted by atomic mass is 9.74. The van der Waals surface area contributed by atoms with Gasteiger partial charge in [0.05, 0.1) is 17.9 Å². The van der Waals surface area contributed by atoms with Crippen molar-refractivity contribution < 1.29 is 19.1 Å². The van der Waals surface area contributed by atoms with Crippen molar-refractivity contribution in [3.8, 4) is 0 Å². The van der Waals surface area contributed by atoms with Crippen molar-refractivity contribution in [3.05, 3.63) is 42.0 Å². The SMILES string of the molecule is Cc1ccc(NC(=O)[C@H]2[C@H]3C=C[C@]4(O3)[C@H](C(=O)NC3CCCCC3)N([C@@H]3CCCC[C@H]3C)C(=O)[C@@H]24)cc1. The fourth-order valence-corrected chi connectivity index (χ4v) is 7.66. The molecule has 0 aromatic heterocycles. The lowest BCUT2D eigenvalue weighted by molar-refractivity contribution is -0.146. The number of carbonyl (C=O) groups excluding carboxylic acids is 3. The molecule has 37 heavy (non-hydrogen) atoms. The largest absolute Gasteiger partial charge is 0.359 e. The summed E-state index contributed by atoms with van der Waals surface area (Å²) in [4.78, 5) is 43.8. The zero-order valence-corrected chi connectivity index (χ0v) is 21.9. The third-order valence-corrected chi connectivity index (χ3v) is 9.56. The van der Waals surface area contributed by atoms with E-state index in [0.29, 0.717) is 11.6 Å². The van der Waals surface area contributed by atoms with Crippen LogP contribution in [0.2, 0.25) is 0 Å². The maximum atomic E-state index is 14.3. The van der Waals surface area contributed by atoms with Crippen LogP contribution in [0, 0.1) is 24.7 Å². The molecule has 1 aromatic carbocycles. The normalized spacial score (nSPS) is 37.0. The number of amides is 3. The highest BCUT2D eigenvalue weighted by atomic mass is 16.5. The highest BCUT2D eigenvalue weighted by molar-refractivity contribution is 6.03. The van der Waals surface area contributed by atoms with Crippen LogP contribution < -0.4 is 10.6 Å². The standard InChI is InChI=1S/C30H39N3O4/c1-18-12-14-21(15-13-18)31-27(34)24-23-16-17-30(37-23)25(24)29(36)33(22-11-7-6-8-19(22)2)26(30)28(35)32-20-9-4-3-5-10-20/h12-17,19-20,22-26H,3-11H2,1-2H3,(H,31,34)(H,32,35)/t19-,22-,23-,24+,25-,26+,30-/m1/s1. The fourth-order valence-electron chi connectivity index (χ4n) is 7.66. The average Bonchev–Trinajstić information content (AvgIpc) is 3.54. The minimum Gasteiger partial charge on any atom is -0.359 e. The van der Waals surface area contributed by atoms with E-state index in [2.05, 4.69) is 17.6 Å². The summed E-state index contributed by atoms with van der Waals surface area (Å²) in [7, 11) is 0. The smallest absolute Gasteiger partial charge is 0.246 e. The molecule has 1 aromatic rings. The van der Waals surface area contributed by atoms with E-state index in [0.717, 1.165) is 56.9 Å². The molecule has 2 saturated carbocycles. The Bertz CT molecular complexity index is 1090. The number of anilines is 1. The molecule has 2 bridgehead atoms. The summed E-state index contributed by atoms with van der Waals surface area (Å²) in [6.45, 7) is 4.19. The van der Waals surface area contributed by atoms with Gasteiger partial charge in [0.15, 0.2) is 0 Å². The maximum absolute atomic E-state index is 14.3. The van der Waals surface area contributed by atoms with Crippen molar-refractivity contribution in [2.24, 2.45) is 17.8 Å². The molecule has 2 N–H and O–H groups in total. The van der Waals surface area contributed by atoms with Crippen LogP contribution in [-0.2, 0) is 19.1 Å². The van der Waals surface area contributed by atoms with Gasteiger partial charge < -0.3 is 20.3 Å². The zero-order valence-electron chi connectivity index (χ0n) is 21.9. The number of rotatable bonds is 5. The van der Waals surface area contributed by atoms with Crippen LogP contribution in [0.25, 0.3) is 0 Å². The first-order chi connectivity index (χ1) is 17.9. The Kier molecular flexibility index (Phi) is 6.38. The summed E-state index contributed by atoms with van der Waals surface area (Å²) in [5, 5.41) is 6.31. The van der Waals surface area contributed by atoms with E-state index in [4.69, 9.17) is 4.74 Å². The van der Waals surface area contributed by atoms with E-state index >= 15 is 0 Å². The molecule has 4 fully saturated rings. The molecule has 6 rings (SSSR count). The number of fused-ring (bicyclic) bond motifs is 1. The molecule has 5 aliphatic rings. The van der Waals surface area contributed by atoms with Crippen LogP contribution >= 0.6 is 0 Å². The monoisotopic (exact) mass is 505 g/mol. The van der Waals surface area contributed by atoms with Crippen LogP contribution in [0.3, 0.4) is 0 Å². The summed E-state index contributed by atoms with van der Waals surface area (Å²) < 4.78 is 6.53.